The minimum atomic E-state index is -0.795. The maximum atomic E-state index is 10.0. The molecule has 0 amide bonds. The van der Waals surface area contributed by atoms with Gasteiger partial charge in [-0.15, -0.1) is 17.7 Å². The van der Waals surface area contributed by atoms with Crippen LogP contribution in [0.5, 0.6) is 0 Å². The average molecular weight is 835 g/mol. The van der Waals surface area contributed by atoms with Crippen LogP contribution >= 0.6 is 7.92 Å². The van der Waals surface area contributed by atoms with Crippen LogP contribution in [0.25, 0.3) is 43.7 Å². The number of fused-ring (bicyclic) bond motifs is 7. The number of para-hydroxylation sites is 1. The van der Waals surface area contributed by atoms with Crippen LogP contribution in [0.3, 0.4) is 0 Å². The molecule has 243 valence electrons. The van der Waals surface area contributed by atoms with E-state index < -0.39 is 7.92 Å². The summed E-state index contributed by atoms with van der Waals surface area (Å²) in [4.78, 5) is 19.8. The van der Waals surface area contributed by atoms with E-state index in [1.165, 1.54) is 74.4 Å². The number of hydrogen-bond donors (Lipinski definition) is 1. The molecular formula is C42H33IrN3O2P-. The summed E-state index contributed by atoms with van der Waals surface area (Å²) in [5.74, 6) is -0.0625. The molecule has 3 heterocycles. The molecule has 49 heavy (non-hydrogen) atoms. The first-order valence-electron chi connectivity index (χ1n) is 15.9. The topological polar surface area (TPSA) is 56.7 Å². The number of allylic oxidation sites excluding steroid dienone is 2. The van der Waals surface area contributed by atoms with E-state index in [-0.39, 0.29) is 31.6 Å². The Morgan fingerprint density at radius 1 is 0.694 bits per heavy atom. The summed E-state index contributed by atoms with van der Waals surface area (Å²) in [6, 6.07) is 45.8. The first-order chi connectivity index (χ1) is 23.3. The maximum Gasteiger partial charge on any atom is 0.155 e. The molecule has 0 aliphatic carbocycles. The molecule has 0 saturated heterocycles. The Morgan fingerprint density at radius 3 is 1.78 bits per heavy atom. The molecule has 7 heteroatoms. The van der Waals surface area contributed by atoms with Crippen LogP contribution in [-0.4, -0.2) is 30.0 Å². The summed E-state index contributed by atoms with van der Waals surface area (Å²) in [5.41, 5.74) is 7.89. The fourth-order valence-corrected chi connectivity index (χ4v) is 9.89. The largest absolute Gasteiger partial charge is 0.512 e. The van der Waals surface area contributed by atoms with Gasteiger partial charge in [0.05, 0.1) is 11.3 Å². The zero-order valence-electron chi connectivity index (χ0n) is 27.5. The van der Waals surface area contributed by atoms with Crippen molar-refractivity contribution in [3.63, 3.8) is 0 Å². The van der Waals surface area contributed by atoms with Gasteiger partial charge < -0.3 is 14.9 Å². The number of benzene rings is 6. The standard InChI is InChI=1S/C37H25N3P.C5H8O2.Ir/c1-39-31-17-24-10-3-5-12-26(24)21-35(31)41-36-22-27-13-6-4-11-25(27)18-32(36)40(2)34-20-28(19-33(39)37(34)41)30-16-15-23-9-7-8-14-29(23)38-30;1-4(6)3-5(2)7;/h3-19,21-22H,1-2H3;3,6H,1-2H3;/q-1;;/b;4-3-;. The number of carbonyl (C=O) groups is 1. The third-order valence-corrected chi connectivity index (χ3v) is 11.7. The van der Waals surface area contributed by atoms with Crippen molar-refractivity contribution in [3.8, 4) is 11.3 Å². The quantitative estimate of drug-likeness (QED) is 0.0817. The number of ketones is 1. The Morgan fingerprint density at radius 2 is 1.22 bits per heavy atom. The van der Waals surface area contributed by atoms with Gasteiger partial charge in [-0.25, -0.2) is 0 Å². The molecule has 1 unspecified atom stereocenters. The molecule has 5 nitrogen and oxygen atoms in total. The van der Waals surface area contributed by atoms with E-state index in [0.717, 1.165) is 27.8 Å². The normalized spacial score (nSPS) is 14.4. The van der Waals surface area contributed by atoms with Gasteiger partial charge in [-0.05, 0) is 101 Å². The molecule has 6 aromatic carbocycles. The molecular weight excluding hydrogens is 802 g/mol. The first-order valence-corrected chi connectivity index (χ1v) is 17.3. The minimum Gasteiger partial charge on any atom is -0.512 e. The van der Waals surface area contributed by atoms with E-state index in [4.69, 9.17) is 10.1 Å². The molecule has 0 bridgehead atoms. The van der Waals surface area contributed by atoms with Gasteiger partial charge in [0.25, 0.3) is 0 Å². The van der Waals surface area contributed by atoms with Crippen molar-refractivity contribution < 1.29 is 30.0 Å². The average Bonchev–Trinajstić information content (AvgIpc) is 3.09. The van der Waals surface area contributed by atoms with Crippen LogP contribution in [-0.2, 0) is 24.9 Å². The fourth-order valence-electron chi connectivity index (χ4n) is 6.87. The van der Waals surface area contributed by atoms with Crippen molar-refractivity contribution in [1.82, 2.24) is 4.98 Å². The summed E-state index contributed by atoms with van der Waals surface area (Å²) in [5, 5.41) is 18.8. The van der Waals surface area contributed by atoms with Crippen LogP contribution in [0, 0.1) is 6.07 Å². The fraction of sp³-hybridized carbons (Fsp3) is 0.0952. The van der Waals surface area contributed by atoms with Gasteiger partial charge >= 0.3 is 0 Å². The van der Waals surface area contributed by atoms with Crippen molar-refractivity contribution in [3.05, 3.63) is 133 Å². The van der Waals surface area contributed by atoms with Crippen molar-refractivity contribution in [2.45, 2.75) is 13.8 Å². The van der Waals surface area contributed by atoms with Gasteiger partial charge in [-0.2, -0.15) is 0 Å². The van der Waals surface area contributed by atoms with Crippen molar-refractivity contribution >= 4 is 84.8 Å². The Hall–Kier alpha value is -4.86. The van der Waals surface area contributed by atoms with Crippen LogP contribution in [0.4, 0.5) is 22.7 Å². The molecule has 9 rings (SSSR count). The summed E-state index contributed by atoms with van der Waals surface area (Å²) in [6.07, 6.45) is 1.17. The summed E-state index contributed by atoms with van der Waals surface area (Å²) >= 11 is 0. The monoisotopic (exact) mass is 835 g/mol. The first kappa shape index (κ1) is 32.7. The number of nitrogens with zero attached hydrogens (tertiary/aromatic N) is 3. The number of rotatable bonds is 2. The second-order valence-corrected chi connectivity index (χ2v) is 14.5. The van der Waals surface area contributed by atoms with Gasteiger partial charge in [0.1, 0.15) is 0 Å². The number of aliphatic hydroxyl groups is 1. The summed E-state index contributed by atoms with van der Waals surface area (Å²) in [7, 11) is 3.61. The molecule has 1 N–H and O–H groups in total. The Kier molecular flexibility index (Phi) is 8.58. The number of pyridine rings is 1. The number of aliphatic hydroxyl groups excluding tert-OH is 1. The molecule has 0 saturated carbocycles. The van der Waals surface area contributed by atoms with E-state index >= 15 is 0 Å². The molecule has 1 aromatic heterocycles. The van der Waals surface area contributed by atoms with Crippen LogP contribution in [0.2, 0.25) is 0 Å². The third kappa shape index (κ3) is 5.70. The molecule has 2 aliphatic heterocycles. The van der Waals surface area contributed by atoms with E-state index in [1.54, 1.807) is 0 Å². The van der Waals surface area contributed by atoms with Gasteiger partial charge in [-0.3, -0.25) is 9.78 Å². The number of aromatic nitrogens is 1. The van der Waals surface area contributed by atoms with Gasteiger partial charge in [0.2, 0.25) is 0 Å². The van der Waals surface area contributed by atoms with Crippen molar-refractivity contribution in [2.75, 3.05) is 23.9 Å². The SMILES string of the molecule is CC(=O)/C=C(/C)O.CN1c2[c-]c(-c3ccc4ccccc4n3)cc3c2P(c2cc4ccccc4cc21)c1cc2ccccc2cc1N3C.[Ir]. The maximum absolute atomic E-state index is 10.0. The number of hydrogen-bond acceptors (Lipinski definition) is 5. The van der Waals surface area contributed by atoms with Gasteiger partial charge in [-0.1, -0.05) is 78.9 Å². The van der Waals surface area contributed by atoms with Crippen LogP contribution in [0.1, 0.15) is 13.8 Å². The van der Waals surface area contributed by atoms with Crippen LogP contribution in [0.15, 0.2) is 127 Å². The van der Waals surface area contributed by atoms with E-state index in [0.29, 0.717) is 0 Å². The zero-order valence-corrected chi connectivity index (χ0v) is 30.8. The van der Waals surface area contributed by atoms with E-state index in [1.807, 2.05) is 0 Å². The molecule has 1 radical (unpaired) electrons. The Balaban J connectivity index is 0.000000431. The second-order valence-electron chi connectivity index (χ2n) is 12.4. The third-order valence-electron chi connectivity index (χ3n) is 9.10. The number of carbonyl (C=O) groups excluding carboxylic acids is 1. The van der Waals surface area contributed by atoms with E-state index in [2.05, 4.69) is 145 Å². The molecule has 1 atom stereocenters. The molecule has 7 aromatic rings. The Bertz CT molecular complexity index is 2360. The molecule has 0 spiro atoms. The van der Waals surface area contributed by atoms with Gasteiger partial charge in [0.15, 0.2) is 5.78 Å². The number of anilines is 4. The summed E-state index contributed by atoms with van der Waals surface area (Å²) < 4.78 is 0. The minimum absolute atomic E-state index is 0. The van der Waals surface area contributed by atoms with Crippen molar-refractivity contribution in [2.24, 2.45) is 0 Å². The van der Waals surface area contributed by atoms with Crippen LogP contribution < -0.4 is 25.7 Å². The van der Waals surface area contributed by atoms with Gasteiger partial charge in [0, 0.05) is 62.3 Å². The Labute approximate surface area is 300 Å². The predicted molar refractivity (Wildman–Crippen MR) is 203 cm³/mol. The smallest absolute Gasteiger partial charge is 0.155 e. The van der Waals surface area contributed by atoms with E-state index in [9.17, 15) is 4.79 Å². The zero-order chi connectivity index (χ0) is 33.1. The molecule has 2 aliphatic rings. The predicted octanol–water partition coefficient (Wildman–Crippen LogP) is 8.96. The van der Waals surface area contributed by atoms with Crippen molar-refractivity contribution in [1.29, 1.82) is 0 Å². The molecule has 0 fully saturated rings. The second kappa shape index (κ2) is 12.9. The summed E-state index contributed by atoms with van der Waals surface area (Å²) in [6.45, 7) is 2.85.